The van der Waals surface area contributed by atoms with Crippen molar-refractivity contribution in [3.63, 3.8) is 0 Å². The summed E-state index contributed by atoms with van der Waals surface area (Å²) < 4.78 is 0. The van der Waals surface area contributed by atoms with E-state index in [1.54, 1.807) is 13.8 Å². The van der Waals surface area contributed by atoms with E-state index in [1.807, 2.05) is 5.32 Å². The number of hydrogen-bond acceptors (Lipinski definition) is 8. The second-order valence-corrected chi connectivity index (χ2v) is 7.37. The van der Waals surface area contributed by atoms with Crippen LogP contribution in [0.4, 0.5) is 0 Å². The van der Waals surface area contributed by atoms with Gasteiger partial charge in [-0.05, 0) is 12.8 Å². The summed E-state index contributed by atoms with van der Waals surface area (Å²) >= 11 is 0. The number of carboxylic acid groups (broad SMARTS) is 2. The summed E-state index contributed by atoms with van der Waals surface area (Å²) in [5, 5.41) is 34.0. The molecule has 32 heavy (non-hydrogen) atoms. The Kier molecular flexibility index (Phi) is 11.9. The zero-order chi connectivity index (χ0) is 25.2. The van der Waals surface area contributed by atoms with Crippen molar-refractivity contribution in [3.05, 3.63) is 0 Å². The van der Waals surface area contributed by atoms with Gasteiger partial charge in [-0.3, -0.25) is 24.0 Å². The number of amides is 4. The first-order chi connectivity index (χ1) is 14.7. The summed E-state index contributed by atoms with van der Waals surface area (Å²) in [7, 11) is 0. The van der Waals surface area contributed by atoms with Crippen molar-refractivity contribution in [2.24, 2.45) is 17.4 Å². The molecule has 0 aromatic carbocycles. The van der Waals surface area contributed by atoms with E-state index in [4.69, 9.17) is 21.7 Å². The summed E-state index contributed by atoms with van der Waals surface area (Å²) in [5.74, 6) is -7.44. The van der Waals surface area contributed by atoms with Gasteiger partial charge >= 0.3 is 11.9 Å². The van der Waals surface area contributed by atoms with Gasteiger partial charge in [0.1, 0.15) is 18.1 Å². The highest BCUT2D eigenvalue weighted by molar-refractivity contribution is 5.96. The molecule has 0 aliphatic carbocycles. The highest BCUT2D eigenvalue weighted by Gasteiger charge is 2.34. The number of primary amides is 1. The van der Waals surface area contributed by atoms with Crippen molar-refractivity contribution >= 4 is 35.6 Å². The molecule has 14 heteroatoms. The van der Waals surface area contributed by atoms with E-state index in [-0.39, 0.29) is 5.92 Å². The second-order valence-electron chi connectivity index (χ2n) is 7.37. The third-order valence-electron chi connectivity index (χ3n) is 4.65. The molecule has 6 atom stereocenters. The number of nitrogens with one attached hydrogen (secondary N) is 3. The lowest BCUT2D eigenvalue weighted by Crippen LogP contribution is -2.60. The van der Waals surface area contributed by atoms with Gasteiger partial charge in [0.2, 0.25) is 23.6 Å². The lowest BCUT2D eigenvalue weighted by atomic mass is 9.98. The molecule has 0 saturated heterocycles. The lowest BCUT2D eigenvalue weighted by Gasteiger charge is -2.27. The highest BCUT2D eigenvalue weighted by atomic mass is 16.4. The van der Waals surface area contributed by atoms with Crippen molar-refractivity contribution in [1.82, 2.24) is 16.0 Å². The molecule has 6 unspecified atom stereocenters. The van der Waals surface area contributed by atoms with Crippen LogP contribution >= 0.6 is 0 Å². The first-order valence-corrected chi connectivity index (χ1v) is 9.78. The molecule has 0 fully saturated rings. The average Bonchev–Trinajstić information content (AvgIpc) is 2.68. The lowest BCUT2D eigenvalue weighted by molar-refractivity contribution is -0.147. The second kappa shape index (κ2) is 13.2. The zero-order valence-electron chi connectivity index (χ0n) is 18.0. The van der Waals surface area contributed by atoms with Crippen LogP contribution in [0.3, 0.4) is 0 Å². The Hall–Kier alpha value is -3.26. The molecule has 0 spiro atoms. The molecule has 0 aliphatic rings. The molecule has 0 radical (unpaired) electrons. The van der Waals surface area contributed by atoms with Gasteiger partial charge in [-0.2, -0.15) is 0 Å². The van der Waals surface area contributed by atoms with Crippen molar-refractivity contribution in [1.29, 1.82) is 0 Å². The molecule has 4 amide bonds. The number of carbonyl (C=O) groups excluding carboxylic acids is 4. The van der Waals surface area contributed by atoms with Crippen LogP contribution in [0.15, 0.2) is 0 Å². The SMILES string of the molecule is CCC(C)C(N)C(=O)NC(C(=O)NC(CC(N)=O)C(=O)NC(CC(=O)O)C(=O)O)C(C)O. The van der Waals surface area contributed by atoms with Crippen LogP contribution in [-0.4, -0.2) is 81.2 Å². The number of nitrogens with two attached hydrogens (primary N) is 2. The molecule has 0 aliphatic heterocycles. The van der Waals surface area contributed by atoms with Gasteiger partial charge < -0.3 is 42.7 Å². The molecule has 0 rings (SSSR count). The predicted octanol–water partition coefficient (Wildman–Crippen LogP) is -3.37. The number of hydrogen-bond donors (Lipinski definition) is 8. The first-order valence-electron chi connectivity index (χ1n) is 9.78. The van der Waals surface area contributed by atoms with E-state index < -0.39 is 78.7 Å². The maximum absolute atomic E-state index is 12.6. The largest absolute Gasteiger partial charge is 0.481 e. The fraction of sp³-hybridized carbons (Fsp3) is 0.667. The minimum absolute atomic E-state index is 0.233. The van der Waals surface area contributed by atoms with E-state index in [1.165, 1.54) is 6.92 Å². The van der Waals surface area contributed by atoms with Crippen LogP contribution in [0.25, 0.3) is 0 Å². The van der Waals surface area contributed by atoms with Gasteiger partial charge in [0, 0.05) is 0 Å². The Morgan fingerprint density at radius 2 is 1.38 bits per heavy atom. The standard InChI is InChI=1S/C18H31N5O9/c1-4-7(2)13(20)16(29)23-14(8(3)24)17(30)21-9(5-11(19)25)15(28)22-10(18(31)32)6-12(26)27/h7-10,13-14,24H,4-6,20H2,1-3H3,(H2,19,25)(H,21,30)(H,22,28)(H,23,29)(H,26,27)(H,31,32). The van der Waals surface area contributed by atoms with Crippen LogP contribution in [0.2, 0.25) is 0 Å². The minimum Gasteiger partial charge on any atom is -0.481 e. The molecule has 0 bridgehead atoms. The van der Waals surface area contributed by atoms with Gasteiger partial charge in [0.15, 0.2) is 0 Å². The molecule has 0 aromatic rings. The van der Waals surface area contributed by atoms with Gasteiger partial charge in [-0.15, -0.1) is 0 Å². The summed E-state index contributed by atoms with van der Waals surface area (Å²) in [6.45, 7) is 4.71. The van der Waals surface area contributed by atoms with Crippen LogP contribution < -0.4 is 27.4 Å². The summed E-state index contributed by atoms with van der Waals surface area (Å²) in [6, 6.07) is -6.08. The van der Waals surface area contributed by atoms with Crippen LogP contribution in [-0.2, 0) is 28.8 Å². The van der Waals surface area contributed by atoms with E-state index >= 15 is 0 Å². The minimum atomic E-state index is -1.84. The average molecular weight is 461 g/mol. The highest BCUT2D eigenvalue weighted by Crippen LogP contribution is 2.07. The molecule has 0 aromatic heterocycles. The summed E-state index contributed by atoms with van der Waals surface area (Å²) in [6.07, 6.45) is -2.58. The summed E-state index contributed by atoms with van der Waals surface area (Å²) in [5.41, 5.74) is 10.9. The molecule has 0 heterocycles. The molecule has 10 N–H and O–H groups in total. The fourth-order valence-electron chi connectivity index (χ4n) is 2.49. The van der Waals surface area contributed by atoms with E-state index in [0.29, 0.717) is 6.42 Å². The Balaban J connectivity index is 5.51. The van der Waals surface area contributed by atoms with Crippen LogP contribution in [0.5, 0.6) is 0 Å². The monoisotopic (exact) mass is 461 g/mol. The Morgan fingerprint density at radius 3 is 1.78 bits per heavy atom. The predicted molar refractivity (Wildman–Crippen MR) is 109 cm³/mol. The van der Waals surface area contributed by atoms with Crippen molar-refractivity contribution in [2.75, 3.05) is 0 Å². The number of aliphatic hydroxyl groups is 1. The molecule has 182 valence electrons. The topological polar surface area (TPSA) is 251 Å². The molecule has 14 nitrogen and oxygen atoms in total. The maximum Gasteiger partial charge on any atom is 0.326 e. The quantitative estimate of drug-likeness (QED) is 0.127. The third-order valence-corrected chi connectivity index (χ3v) is 4.65. The molecular weight excluding hydrogens is 430 g/mol. The van der Waals surface area contributed by atoms with Gasteiger partial charge in [0.25, 0.3) is 0 Å². The smallest absolute Gasteiger partial charge is 0.326 e. The van der Waals surface area contributed by atoms with E-state index in [9.17, 15) is 33.9 Å². The van der Waals surface area contributed by atoms with Crippen LogP contribution in [0.1, 0.15) is 40.0 Å². The van der Waals surface area contributed by atoms with Gasteiger partial charge in [-0.1, -0.05) is 20.3 Å². The summed E-state index contributed by atoms with van der Waals surface area (Å²) in [4.78, 5) is 70.5. The zero-order valence-corrected chi connectivity index (χ0v) is 18.0. The van der Waals surface area contributed by atoms with Crippen molar-refractivity contribution in [2.45, 2.75) is 70.3 Å². The number of carboxylic acids is 2. The Labute approximate surface area is 184 Å². The van der Waals surface area contributed by atoms with Crippen LogP contribution in [0, 0.1) is 5.92 Å². The fourth-order valence-corrected chi connectivity index (χ4v) is 2.49. The van der Waals surface area contributed by atoms with Crippen molar-refractivity contribution in [3.8, 4) is 0 Å². The number of aliphatic hydroxyl groups excluding tert-OH is 1. The van der Waals surface area contributed by atoms with E-state index in [0.717, 1.165) is 0 Å². The number of rotatable bonds is 14. The molecular formula is C18H31N5O9. The first kappa shape index (κ1) is 28.7. The normalized spacial score (nSPS) is 16.4. The number of carbonyl (C=O) groups is 6. The third kappa shape index (κ3) is 9.70. The van der Waals surface area contributed by atoms with Gasteiger partial charge in [-0.25, -0.2) is 4.79 Å². The maximum atomic E-state index is 12.6. The number of aliphatic carboxylic acids is 2. The Bertz CT molecular complexity index is 728. The van der Waals surface area contributed by atoms with Gasteiger partial charge in [0.05, 0.1) is 25.0 Å². The van der Waals surface area contributed by atoms with E-state index in [2.05, 4.69) is 10.6 Å². The van der Waals surface area contributed by atoms with Crippen molar-refractivity contribution < 1.29 is 44.1 Å². The molecule has 0 saturated carbocycles. The Morgan fingerprint density at radius 1 is 0.844 bits per heavy atom.